The zero-order valence-electron chi connectivity index (χ0n) is 27.4. The zero-order valence-corrected chi connectivity index (χ0v) is 27.4. The van der Waals surface area contributed by atoms with Crippen LogP contribution in [0.4, 0.5) is 0 Å². The normalized spacial score (nSPS) is 14.2. The first-order valence-electron chi connectivity index (χ1n) is 17.3. The minimum Gasteiger partial charge on any atom is -0.0622 e. The third kappa shape index (κ3) is 5.56. The van der Waals surface area contributed by atoms with E-state index in [2.05, 4.69) is 188 Å². The Kier molecular flexibility index (Phi) is 7.48. The van der Waals surface area contributed by atoms with Crippen molar-refractivity contribution in [2.24, 2.45) is 0 Å². The highest BCUT2D eigenvalue weighted by molar-refractivity contribution is 6.09. The van der Waals surface area contributed by atoms with E-state index in [0.717, 1.165) is 12.8 Å². The fraction of sp³-hybridized carbons (Fsp3) is 0.0612. The van der Waals surface area contributed by atoms with Crippen LogP contribution in [0.15, 0.2) is 188 Å². The van der Waals surface area contributed by atoms with E-state index in [1.807, 2.05) is 0 Å². The number of fused-ring (bicyclic) bond motifs is 3. The summed E-state index contributed by atoms with van der Waals surface area (Å²) in [7, 11) is 0. The van der Waals surface area contributed by atoms with Crippen LogP contribution >= 0.6 is 0 Å². The molecule has 0 atom stereocenters. The van der Waals surface area contributed by atoms with Gasteiger partial charge in [-0.2, -0.15) is 0 Å². The minimum atomic E-state index is 0.0868. The maximum atomic E-state index is 2.43. The van der Waals surface area contributed by atoms with Crippen molar-refractivity contribution < 1.29 is 0 Å². The van der Waals surface area contributed by atoms with Gasteiger partial charge in [0.2, 0.25) is 0 Å². The molecule has 0 unspecified atom stereocenters. The van der Waals surface area contributed by atoms with Crippen molar-refractivity contribution in [1.82, 2.24) is 0 Å². The van der Waals surface area contributed by atoms with Crippen molar-refractivity contribution in [1.29, 1.82) is 0 Å². The molecule has 0 N–H and O–H groups in total. The monoisotopic (exact) mass is 624 g/mol. The first-order chi connectivity index (χ1) is 24.3. The molecule has 7 aromatic rings. The van der Waals surface area contributed by atoms with Gasteiger partial charge in [-0.1, -0.05) is 182 Å². The smallest absolute Gasteiger partial charge is 0.0346 e. The van der Waals surface area contributed by atoms with E-state index in [-0.39, 0.29) is 5.92 Å². The van der Waals surface area contributed by atoms with Gasteiger partial charge in [-0.15, -0.1) is 0 Å². The fourth-order valence-electron chi connectivity index (χ4n) is 7.80. The van der Waals surface area contributed by atoms with Crippen LogP contribution in [0.3, 0.4) is 0 Å². The first-order valence-corrected chi connectivity index (χ1v) is 17.3. The van der Waals surface area contributed by atoms with E-state index >= 15 is 0 Å². The third-order valence-corrected chi connectivity index (χ3v) is 10.4. The Bertz CT molecular complexity index is 2320. The lowest BCUT2D eigenvalue weighted by Crippen LogP contribution is -2.05. The summed E-state index contributed by atoms with van der Waals surface area (Å²) in [6, 6.07) is 60.3. The lowest BCUT2D eigenvalue weighted by Gasteiger charge is -2.23. The van der Waals surface area contributed by atoms with Crippen LogP contribution in [0.1, 0.15) is 57.7 Å². The average Bonchev–Trinajstić information content (AvgIpc) is 3.88. The molecular formula is C49H36. The Morgan fingerprint density at radius 2 is 0.714 bits per heavy atom. The van der Waals surface area contributed by atoms with Gasteiger partial charge in [0.15, 0.2) is 0 Å². The average molecular weight is 625 g/mol. The molecule has 232 valence electrons. The highest BCUT2D eigenvalue weighted by Gasteiger charge is 2.22. The Balaban J connectivity index is 1.08. The van der Waals surface area contributed by atoms with E-state index in [1.54, 1.807) is 0 Å². The van der Waals surface area contributed by atoms with Crippen LogP contribution in [-0.2, 0) is 0 Å². The van der Waals surface area contributed by atoms with Gasteiger partial charge in [0.1, 0.15) is 0 Å². The van der Waals surface area contributed by atoms with Gasteiger partial charge in [-0.3, -0.25) is 0 Å². The molecule has 0 amide bonds. The molecule has 0 heteroatoms. The van der Waals surface area contributed by atoms with Crippen LogP contribution in [0, 0.1) is 0 Å². The highest BCUT2D eigenvalue weighted by Crippen LogP contribution is 2.42. The van der Waals surface area contributed by atoms with Gasteiger partial charge < -0.3 is 0 Å². The molecule has 0 fully saturated rings. The van der Waals surface area contributed by atoms with E-state index in [0.29, 0.717) is 0 Å². The molecule has 2 aliphatic rings. The second-order valence-electron chi connectivity index (χ2n) is 13.3. The van der Waals surface area contributed by atoms with Gasteiger partial charge in [-0.25, -0.2) is 0 Å². The quantitative estimate of drug-likeness (QED) is 0.122. The van der Waals surface area contributed by atoms with Crippen LogP contribution in [0.2, 0.25) is 0 Å². The molecule has 0 nitrogen and oxygen atoms in total. The standard InChI is InChI=1S/C49H36/c1-3-11-34(12-4-1)40-27-29-42(31-40)36-19-23-38(24-20-36)49(48-33-44-15-7-8-16-45(44)46-17-9-10-18-47(46)48)39-25-21-37(22-26-39)43-30-28-41(32-43)35-13-5-2-6-14-35/h1-30,33,49H,31-32H2. The number of benzene rings is 7. The predicted molar refractivity (Wildman–Crippen MR) is 209 cm³/mol. The van der Waals surface area contributed by atoms with Crippen LogP contribution in [-0.4, -0.2) is 0 Å². The van der Waals surface area contributed by atoms with Crippen molar-refractivity contribution in [2.75, 3.05) is 0 Å². The molecule has 2 aliphatic carbocycles. The predicted octanol–water partition coefficient (Wildman–Crippen LogP) is 12.9. The molecule has 0 aromatic heterocycles. The summed E-state index contributed by atoms with van der Waals surface area (Å²) in [6.45, 7) is 0. The second-order valence-corrected chi connectivity index (χ2v) is 13.3. The van der Waals surface area contributed by atoms with Gasteiger partial charge in [0, 0.05) is 5.92 Å². The van der Waals surface area contributed by atoms with Crippen molar-refractivity contribution >= 4 is 43.8 Å². The second kappa shape index (κ2) is 12.6. The van der Waals surface area contributed by atoms with Crippen molar-refractivity contribution in [2.45, 2.75) is 18.8 Å². The summed E-state index contributed by atoms with van der Waals surface area (Å²) in [4.78, 5) is 0. The van der Waals surface area contributed by atoms with Gasteiger partial charge in [0.25, 0.3) is 0 Å². The van der Waals surface area contributed by atoms with Crippen molar-refractivity contribution in [3.05, 3.63) is 227 Å². The number of hydrogen-bond donors (Lipinski definition) is 0. The topological polar surface area (TPSA) is 0 Å². The molecule has 0 saturated carbocycles. The third-order valence-electron chi connectivity index (χ3n) is 10.4. The van der Waals surface area contributed by atoms with E-state index in [1.165, 1.54) is 82.8 Å². The molecule has 49 heavy (non-hydrogen) atoms. The number of allylic oxidation sites excluding steroid dienone is 8. The van der Waals surface area contributed by atoms with E-state index in [4.69, 9.17) is 0 Å². The van der Waals surface area contributed by atoms with Crippen LogP contribution in [0.5, 0.6) is 0 Å². The van der Waals surface area contributed by atoms with Gasteiger partial charge in [-0.05, 0) is 102 Å². The summed E-state index contributed by atoms with van der Waals surface area (Å²) in [5, 5.41) is 5.20. The van der Waals surface area contributed by atoms with Crippen LogP contribution < -0.4 is 0 Å². The van der Waals surface area contributed by atoms with Crippen molar-refractivity contribution in [3.8, 4) is 0 Å². The Hall–Kier alpha value is -5.98. The zero-order chi connectivity index (χ0) is 32.6. The first kappa shape index (κ1) is 29.2. The molecule has 0 heterocycles. The minimum absolute atomic E-state index is 0.0868. The van der Waals surface area contributed by atoms with E-state index < -0.39 is 0 Å². The maximum absolute atomic E-state index is 2.43. The Labute approximate surface area is 288 Å². The van der Waals surface area contributed by atoms with E-state index in [9.17, 15) is 0 Å². The number of rotatable bonds is 7. The number of hydrogen-bond acceptors (Lipinski definition) is 0. The highest BCUT2D eigenvalue weighted by atomic mass is 14.3. The Morgan fingerprint density at radius 3 is 1.20 bits per heavy atom. The molecule has 0 bridgehead atoms. The fourth-order valence-corrected chi connectivity index (χ4v) is 7.80. The summed E-state index contributed by atoms with van der Waals surface area (Å²) in [5.41, 5.74) is 14.6. The molecule has 0 saturated heterocycles. The molecular weight excluding hydrogens is 589 g/mol. The molecule has 0 radical (unpaired) electrons. The SMILES string of the molecule is C1=C(c2ccccc2)CC(c2ccc(C(c3ccc(C4=CC=C(c5ccccc5)C4)cc3)c3cc4ccccc4c4ccccc34)cc2)=C1. The van der Waals surface area contributed by atoms with Crippen molar-refractivity contribution in [3.63, 3.8) is 0 Å². The molecule has 0 aliphatic heterocycles. The van der Waals surface area contributed by atoms with Crippen LogP contribution in [0.25, 0.3) is 43.8 Å². The van der Waals surface area contributed by atoms with Gasteiger partial charge >= 0.3 is 0 Å². The summed E-state index contributed by atoms with van der Waals surface area (Å²) < 4.78 is 0. The molecule has 7 aromatic carbocycles. The summed E-state index contributed by atoms with van der Waals surface area (Å²) >= 11 is 0. The molecule has 0 spiro atoms. The summed E-state index contributed by atoms with van der Waals surface area (Å²) in [6.07, 6.45) is 11.1. The lowest BCUT2D eigenvalue weighted by molar-refractivity contribution is 0.990. The largest absolute Gasteiger partial charge is 0.0622 e. The summed E-state index contributed by atoms with van der Waals surface area (Å²) in [5.74, 6) is 0.0868. The molecule has 9 rings (SSSR count). The lowest BCUT2D eigenvalue weighted by atomic mass is 9.80. The maximum Gasteiger partial charge on any atom is 0.0346 e. The Morgan fingerprint density at radius 1 is 0.327 bits per heavy atom. The van der Waals surface area contributed by atoms with Gasteiger partial charge in [0.05, 0.1) is 0 Å².